The molecule has 6 bridgehead atoms. The molecule has 27 heavy (non-hydrogen) atoms. The van der Waals surface area contributed by atoms with Crippen LogP contribution in [0.1, 0.15) is 39.8 Å². The number of benzene rings is 4. The highest BCUT2D eigenvalue weighted by molar-refractivity contribution is 6.12. The SMILES string of the molecule is Cc1c2ccc3ccc4ccc(c(C)c4c13)CCCc1ccc(cc1)/C=C\2. The minimum absolute atomic E-state index is 1.14. The van der Waals surface area contributed by atoms with E-state index >= 15 is 0 Å². The Bertz CT molecular complexity index is 1190. The number of hydrogen-bond acceptors (Lipinski definition) is 0. The van der Waals surface area contributed by atoms with Crippen LogP contribution in [-0.2, 0) is 12.8 Å². The molecule has 0 aliphatic heterocycles. The maximum absolute atomic E-state index is 2.34. The molecule has 0 atom stereocenters. The first-order chi connectivity index (χ1) is 13.2. The largest absolute Gasteiger partial charge is 0.0584 e. The van der Waals surface area contributed by atoms with E-state index in [0.717, 1.165) is 12.8 Å². The Hall–Kier alpha value is -2.86. The average Bonchev–Trinajstić information content (AvgIpc) is 2.70. The first-order valence-electron chi connectivity index (χ1n) is 9.92. The van der Waals surface area contributed by atoms with E-state index in [1.54, 1.807) is 0 Å². The molecule has 0 spiro atoms. The lowest BCUT2D eigenvalue weighted by Gasteiger charge is -2.15. The van der Waals surface area contributed by atoms with E-state index in [9.17, 15) is 0 Å². The maximum Gasteiger partial charge on any atom is -0.00674 e. The Morgan fingerprint density at radius 2 is 1.26 bits per heavy atom. The highest BCUT2D eigenvalue weighted by Crippen LogP contribution is 2.34. The zero-order valence-corrected chi connectivity index (χ0v) is 16.0. The minimum Gasteiger partial charge on any atom is -0.0584 e. The molecule has 0 heteroatoms. The van der Waals surface area contributed by atoms with Crippen LogP contribution in [0, 0.1) is 13.8 Å². The van der Waals surface area contributed by atoms with Crippen molar-refractivity contribution in [1.29, 1.82) is 0 Å². The van der Waals surface area contributed by atoms with Crippen LogP contribution in [0.15, 0.2) is 60.7 Å². The maximum atomic E-state index is 2.34. The zero-order valence-electron chi connectivity index (χ0n) is 16.0. The highest BCUT2D eigenvalue weighted by atomic mass is 14.2. The molecule has 0 saturated carbocycles. The van der Waals surface area contributed by atoms with Gasteiger partial charge in [-0.3, -0.25) is 0 Å². The van der Waals surface area contributed by atoms with Crippen LogP contribution in [-0.4, -0.2) is 0 Å². The summed E-state index contributed by atoms with van der Waals surface area (Å²) in [5, 5.41) is 5.54. The number of rotatable bonds is 0. The first-order valence-corrected chi connectivity index (χ1v) is 9.92. The van der Waals surface area contributed by atoms with Gasteiger partial charge in [0.2, 0.25) is 0 Å². The summed E-state index contributed by atoms with van der Waals surface area (Å²) in [4.78, 5) is 0. The van der Waals surface area contributed by atoms with E-state index in [2.05, 4.69) is 86.7 Å². The van der Waals surface area contributed by atoms with Gasteiger partial charge in [-0.2, -0.15) is 0 Å². The molecule has 2 aliphatic carbocycles. The number of aryl methyl sites for hydroxylation is 4. The van der Waals surface area contributed by atoms with Gasteiger partial charge in [0.15, 0.2) is 0 Å². The van der Waals surface area contributed by atoms with Gasteiger partial charge in [0, 0.05) is 0 Å². The van der Waals surface area contributed by atoms with Crippen LogP contribution in [0.5, 0.6) is 0 Å². The van der Waals surface area contributed by atoms with Crippen LogP contribution in [0.3, 0.4) is 0 Å². The second-order valence-electron chi connectivity index (χ2n) is 7.82. The Balaban J connectivity index is 1.85. The highest BCUT2D eigenvalue weighted by Gasteiger charge is 2.11. The van der Waals surface area contributed by atoms with Crippen molar-refractivity contribution in [3.63, 3.8) is 0 Å². The predicted molar refractivity (Wildman–Crippen MR) is 118 cm³/mol. The van der Waals surface area contributed by atoms with E-state index in [-0.39, 0.29) is 0 Å². The van der Waals surface area contributed by atoms with Crippen molar-refractivity contribution in [2.75, 3.05) is 0 Å². The molecule has 0 amide bonds. The second kappa shape index (κ2) is 6.39. The summed E-state index contributed by atoms with van der Waals surface area (Å²) in [5.74, 6) is 0. The second-order valence-corrected chi connectivity index (χ2v) is 7.82. The molecule has 4 aromatic rings. The van der Waals surface area contributed by atoms with Crippen molar-refractivity contribution in [2.24, 2.45) is 0 Å². The molecule has 6 rings (SSSR count). The molecule has 0 fully saturated rings. The van der Waals surface area contributed by atoms with Gasteiger partial charge in [-0.15, -0.1) is 0 Å². The fourth-order valence-electron chi connectivity index (χ4n) is 4.56. The van der Waals surface area contributed by atoms with Crippen LogP contribution in [0.4, 0.5) is 0 Å². The van der Waals surface area contributed by atoms with Gasteiger partial charge in [0.05, 0.1) is 0 Å². The minimum atomic E-state index is 1.14. The Kier molecular flexibility index (Phi) is 3.86. The van der Waals surface area contributed by atoms with Gasteiger partial charge in [0.1, 0.15) is 0 Å². The van der Waals surface area contributed by atoms with Gasteiger partial charge in [-0.25, -0.2) is 0 Å². The Labute approximate surface area is 161 Å². The smallest absolute Gasteiger partial charge is 0.00674 e. The van der Waals surface area contributed by atoms with Crippen molar-refractivity contribution in [2.45, 2.75) is 33.1 Å². The predicted octanol–water partition coefficient (Wildman–Crippen LogP) is 7.27. The average molecular weight is 348 g/mol. The molecule has 132 valence electrons. The van der Waals surface area contributed by atoms with Crippen molar-refractivity contribution in [3.8, 4) is 0 Å². The summed E-state index contributed by atoms with van der Waals surface area (Å²) in [6.07, 6.45) is 7.97. The molecule has 0 radical (unpaired) electrons. The van der Waals surface area contributed by atoms with Gasteiger partial charge >= 0.3 is 0 Å². The van der Waals surface area contributed by atoms with Gasteiger partial charge in [-0.05, 0) is 88.0 Å². The van der Waals surface area contributed by atoms with Crippen molar-refractivity contribution in [1.82, 2.24) is 0 Å². The third-order valence-electron chi connectivity index (χ3n) is 6.19. The summed E-state index contributed by atoms with van der Waals surface area (Å²) in [6, 6.07) is 22.8. The topological polar surface area (TPSA) is 0 Å². The van der Waals surface area contributed by atoms with Crippen LogP contribution in [0.25, 0.3) is 33.7 Å². The Morgan fingerprint density at radius 3 is 2.04 bits per heavy atom. The summed E-state index contributed by atoms with van der Waals surface area (Å²) < 4.78 is 0. The van der Waals surface area contributed by atoms with E-state index in [0.29, 0.717) is 0 Å². The molecule has 0 nitrogen and oxygen atoms in total. The molecule has 0 unspecified atom stereocenters. The molecular weight excluding hydrogens is 324 g/mol. The fraction of sp³-hybridized carbons (Fsp3) is 0.185. The third-order valence-corrected chi connectivity index (χ3v) is 6.19. The van der Waals surface area contributed by atoms with E-state index in [1.165, 1.54) is 61.3 Å². The van der Waals surface area contributed by atoms with E-state index < -0.39 is 0 Å². The lowest BCUT2D eigenvalue weighted by molar-refractivity contribution is 0.817. The summed E-state index contributed by atoms with van der Waals surface area (Å²) >= 11 is 0. The normalized spacial score (nSPS) is 14.9. The summed E-state index contributed by atoms with van der Waals surface area (Å²) in [6.45, 7) is 4.58. The van der Waals surface area contributed by atoms with Crippen LogP contribution >= 0.6 is 0 Å². The molecule has 4 aromatic carbocycles. The Morgan fingerprint density at radius 1 is 0.593 bits per heavy atom. The molecule has 0 heterocycles. The molecule has 0 saturated heterocycles. The van der Waals surface area contributed by atoms with Gasteiger partial charge in [0.25, 0.3) is 0 Å². The summed E-state index contributed by atoms with van der Waals surface area (Å²) in [7, 11) is 0. The van der Waals surface area contributed by atoms with Crippen molar-refractivity contribution < 1.29 is 0 Å². The lowest BCUT2D eigenvalue weighted by Crippen LogP contribution is -1.95. The monoisotopic (exact) mass is 348 g/mol. The third kappa shape index (κ3) is 2.77. The number of fused-ring (bicyclic) bond motifs is 4. The zero-order chi connectivity index (χ0) is 18.4. The lowest BCUT2D eigenvalue weighted by atomic mass is 9.89. The van der Waals surface area contributed by atoms with Crippen molar-refractivity contribution in [3.05, 3.63) is 94.0 Å². The fourth-order valence-corrected chi connectivity index (χ4v) is 4.56. The molecule has 0 aromatic heterocycles. The number of hydrogen-bond donors (Lipinski definition) is 0. The molecular formula is C27H24. The van der Waals surface area contributed by atoms with Gasteiger partial charge < -0.3 is 0 Å². The molecule has 0 N–H and O–H groups in total. The quantitative estimate of drug-likeness (QED) is 0.293. The van der Waals surface area contributed by atoms with Crippen LogP contribution < -0.4 is 0 Å². The standard InChI is InChI=1S/C27H24/c1-18-22-5-3-4-20-6-8-21(9-7-20)10-11-23-13-15-25-17-16-24(14-12-22)26(18)27(25)19(23)2/h6-17H,3-5H2,1-2H3/b11-10-. The van der Waals surface area contributed by atoms with E-state index in [4.69, 9.17) is 0 Å². The van der Waals surface area contributed by atoms with Crippen molar-refractivity contribution >= 4 is 33.7 Å². The first kappa shape index (κ1) is 16.3. The van der Waals surface area contributed by atoms with Crippen LogP contribution in [0.2, 0.25) is 0 Å². The summed E-state index contributed by atoms with van der Waals surface area (Å²) in [5.41, 5.74) is 8.32. The molecule has 2 aliphatic rings. The van der Waals surface area contributed by atoms with E-state index in [1.807, 2.05) is 0 Å². The van der Waals surface area contributed by atoms with Gasteiger partial charge in [-0.1, -0.05) is 72.8 Å².